The Labute approximate surface area is 96.4 Å². The largest absolute Gasteiger partial charge is 0.289 e. The van der Waals surface area contributed by atoms with Crippen molar-refractivity contribution in [2.45, 2.75) is 6.92 Å². The van der Waals surface area contributed by atoms with E-state index in [0.717, 1.165) is 0 Å². The summed E-state index contributed by atoms with van der Waals surface area (Å²) in [4.78, 5) is 11.9. The van der Waals surface area contributed by atoms with Gasteiger partial charge >= 0.3 is 0 Å². The van der Waals surface area contributed by atoms with Crippen LogP contribution in [0, 0.1) is 12.7 Å². The van der Waals surface area contributed by atoms with E-state index in [-0.39, 0.29) is 17.7 Å². The van der Waals surface area contributed by atoms with Gasteiger partial charge in [0, 0.05) is 12.6 Å². The monoisotopic (exact) mass is 235 g/mol. The number of nitrogens with zero attached hydrogens (tertiary/aromatic N) is 4. The van der Waals surface area contributed by atoms with Crippen molar-refractivity contribution < 1.29 is 9.18 Å². The van der Waals surface area contributed by atoms with Crippen LogP contribution >= 0.6 is 0 Å². The Morgan fingerprint density at radius 2 is 2.24 bits per heavy atom. The van der Waals surface area contributed by atoms with Gasteiger partial charge < -0.3 is 0 Å². The van der Waals surface area contributed by atoms with Crippen molar-refractivity contribution in [2.24, 2.45) is 7.05 Å². The van der Waals surface area contributed by atoms with Gasteiger partial charge in [-0.1, -0.05) is 5.10 Å². The number of aromatic nitrogens is 4. The molecule has 88 valence electrons. The lowest BCUT2D eigenvalue weighted by molar-refractivity contribution is 0.102. The maximum Gasteiger partial charge on any atom is 0.258 e. The molecule has 1 amide bonds. The summed E-state index contributed by atoms with van der Waals surface area (Å²) in [5.74, 6) is -0.515. The number of benzene rings is 1. The first kappa shape index (κ1) is 11.2. The van der Waals surface area contributed by atoms with E-state index < -0.39 is 0 Å². The third-order valence-electron chi connectivity index (χ3n) is 2.28. The summed E-state index contributed by atoms with van der Waals surface area (Å²) in [6.07, 6.45) is 0. The molecule has 2 aromatic rings. The van der Waals surface area contributed by atoms with E-state index in [1.807, 2.05) is 0 Å². The zero-order chi connectivity index (χ0) is 12.4. The van der Waals surface area contributed by atoms with E-state index in [1.165, 1.54) is 22.9 Å². The summed E-state index contributed by atoms with van der Waals surface area (Å²) in [6, 6.07) is 3.95. The van der Waals surface area contributed by atoms with Gasteiger partial charge in [-0.15, -0.1) is 0 Å². The second kappa shape index (κ2) is 4.28. The van der Waals surface area contributed by atoms with Crippen molar-refractivity contribution in [1.82, 2.24) is 20.2 Å². The van der Waals surface area contributed by atoms with Crippen molar-refractivity contribution in [3.63, 3.8) is 0 Å². The first-order valence-corrected chi connectivity index (χ1v) is 4.88. The first-order valence-electron chi connectivity index (χ1n) is 4.88. The fraction of sp³-hybridized carbons (Fsp3) is 0.200. The number of tetrazole rings is 1. The maximum atomic E-state index is 12.9. The number of rotatable bonds is 2. The van der Waals surface area contributed by atoms with E-state index in [9.17, 15) is 9.18 Å². The molecular weight excluding hydrogens is 225 g/mol. The normalized spacial score (nSPS) is 10.3. The lowest BCUT2D eigenvalue weighted by Gasteiger charge is -2.05. The smallest absolute Gasteiger partial charge is 0.258 e. The van der Waals surface area contributed by atoms with Crippen LogP contribution in [0.3, 0.4) is 0 Å². The number of halogens is 1. The molecule has 0 saturated heterocycles. The summed E-state index contributed by atoms with van der Waals surface area (Å²) in [7, 11) is 1.60. The molecule has 2 rings (SSSR count). The van der Waals surface area contributed by atoms with Crippen molar-refractivity contribution in [1.29, 1.82) is 0 Å². The topological polar surface area (TPSA) is 72.7 Å². The molecule has 6 nitrogen and oxygen atoms in total. The number of amides is 1. The van der Waals surface area contributed by atoms with Crippen LogP contribution in [0.4, 0.5) is 10.3 Å². The highest BCUT2D eigenvalue weighted by Gasteiger charge is 2.12. The van der Waals surface area contributed by atoms with Crippen LogP contribution < -0.4 is 5.32 Å². The highest BCUT2D eigenvalue weighted by molar-refractivity contribution is 6.04. The average molecular weight is 235 g/mol. The summed E-state index contributed by atoms with van der Waals surface area (Å²) in [5.41, 5.74) is 0.937. The van der Waals surface area contributed by atoms with Crippen LogP contribution in [0.15, 0.2) is 18.2 Å². The van der Waals surface area contributed by atoms with E-state index in [1.54, 1.807) is 14.0 Å². The number of hydrogen-bond donors (Lipinski definition) is 1. The Kier molecular flexibility index (Phi) is 2.82. The number of carbonyl (C=O) groups excluding carboxylic acids is 1. The standard InChI is InChI=1S/C10H10FN5O/c1-6-5-7(11)3-4-8(6)9(17)12-10-13-14-15-16(10)2/h3-5H,1-2H3,(H,12,13,15,17). The van der Waals surface area contributed by atoms with E-state index >= 15 is 0 Å². The molecule has 0 bridgehead atoms. The Hall–Kier alpha value is -2.31. The van der Waals surface area contributed by atoms with E-state index in [0.29, 0.717) is 11.1 Å². The zero-order valence-electron chi connectivity index (χ0n) is 9.31. The quantitative estimate of drug-likeness (QED) is 0.839. The van der Waals surface area contributed by atoms with Gasteiger partial charge in [-0.05, 0) is 41.1 Å². The molecule has 0 fully saturated rings. The van der Waals surface area contributed by atoms with Gasteiger partial charge in [-0.25, -0.2) is 9.07 Å². The Balaban J connectivity index is 2.23. The second-order valence-electron chi connectivity index (χ2n) is 3.54. The summed E-state index contributed by atoms with van der Waals surface area (Å²) in [6.45, 7) is 1.66. The van der Waals surface area contributed by atoms with Crippen molar-refractivity contribution in [3.8, 4) is 0 Å². The molecule has 0 unspecified atom stereocenters. The van der Waals surface area contributed by atoms with Crippen LogP contribution in [0.25, 0.3) is 0 Å². The number of nitrogens with one attached hydrogen (secondary N) is 1. The second-order valence-corrected chi connectivity index (χ2v) is 3.54. The third-order valence-corrected chi connectivity index (χ3v) is 2.28. The average Bonchev–Trinajstić information content (AvgIpc) is 2.64. The molecule has 0 aliphatic carbocycles. The van der Waals surface area contributed by atoms with E-state index in [2.05, 4.69) is 20.8 Å². The van der Waals surface area contributed by atoms with E-state index in [4.69, 9.17) is 0 Å². The van der Waals surface area contributed by atoms with Crippen molar-refractivity contribution in [2.75, 3.05) is 5.32 Å². The predicted octanol–water partition coefficient (Wildman–Crippen LogP) is 0.910. The summed E-state index contributed by atoms with van der Waals surface area (Å²) in [5, 5.41) is 13.1. The number of aryl methyl sites for hydroxylation is 2. The van der Waals surface area contributed by atoms with Crippen molar-refractivity contribution in [3.05, 3.63) is 35.1 Å². The molecule has 0 spiro atoms. The Morgan fingerprint density at radius 1 is 1.47 bits per heavy atom. The Bertz CT molecular complexity index is 566. The molecule has 0 aliphatic heterocycles. The zero-order valence-corrected chi connectivity index (χ0v) is 9.31. The molecule has 1 aromatic heterocycles. The molecule has 1 aromatic carbocycles. The molecule has 0 aliphatic rings. The molecule has 0 atom stereocenters. The van der Waals surface area contributed by atoms with Gasteiger partial charge in [0.2, 0.25) is 5.95 Å². The predicted molar refractivity (Wildman–Crippen MR) is 57.9 cm³/mol. The van der Waals surface area contributed by atoms with Gasteiger partial charge in [0.15, 0.2) is 0 Å². The van der Waals surface area contributed by atoms with Crippen LogP contribution in [0.5, 0.6) is 0 Å². The minimum Gasteiger partial charge on any atom is -0.289 e. The van der Waals surface area contributed by atoms with Gasteiger partial charge in [0.05, 0.1) is 0 Å². The van der Waals surface area contributed by atoms with Gasteiger partial charge in [-0.3, -0.25) is 10.1 Å². The lowest BCUT2D eigenvalue weighted by Crippen LogP contribution is -2.16. The fourth-order valence-corrected chi connectivity index (χ4v) is 1.39. The number of carbonyl (C=O) groups is 1. The molecule has 0 radical (unpaired) electrons. The van der Waals surface area contributed by atoms with Crippen LogP contribution in [-0.4, -0.2) is 26.1 Å². The highest BCUT2D eigenvalue weighted by atomic mass is 19.1. The summed E-state index contributed by atoms with van der Waals surface area (Å²) < 4.78 is 14.2. The molecule has 17 heavy (non-hydrogen) atoms. The fourth-order valence-electron chi connectivity index (χ4n) is 1.39. The molecule has 7 heteroatoms. The molecule has 0 saturated carbocycles. The van der Waals surface area contributed by atoms with Gasteiger partial charge in [0.25, 0.3) is 5.91 Å². The Morgan fingerprint density at radius 3 is 2.82 bits per heavy atom. The minimum absolute atomic E-state index is 0.235. The van der Waals surface area contributed by atoms with Crippen LogP contribution in [-0.2, 0) is 7.05 Å². The lowest BCUT2D eigenvalue weighted by atomic mass is 10.1. The molecule has 1 N–H and O–H groups in total. The molecule has 1 heterocycles. The van der Waals surface area contributed by atoms with Crippen LogP contribution in [0.1, 0.15) is 15.9 Å². The number of anilines is 1. The third kappa shape index (κ3) is 2.27. The van der Waals surface area contributed by atoms with Crippen molar-refractivity contribution >= 4 is 11.9 Å². The first-order chi connectivity index (χ1) is 8.08. The minimum atomic E-state index is -0.376. The maximum absolute atomic E-state index is 12.9. The van der Waals surface area contributed by atoms with Gasteiger partial charge in [-0.2, -0.15) is 0 Å². The highest BCUT2D eigenvalue weighted by Crippen LogP contribution is 2.11. The molecular formula is C10H10FN5O. The van der Waals surface area contributed by atoms with Gasteiger partial charge in [0.1, 0.15) is 5.82 Å². The number of hydrogen-bond acceptors (Lipinski definition) is 4. The van der Waals surface area contributed by atoms with Crippen LogP contribution in [0.2, 0.25) is 0 Å². The SMILES string of the molecule is Cc1cc(F)ccc1C(=O)Nc1nnnn1C. The summed E-state index contributed by atoms with van der Waals surface area (Å²) >= 11 is 0.